The molecule has 10 nitrogen and oxygen atoms in total. The lowest BCUT2D eigenvalue weighted by Crippen LogP contribution is -2.56. The van der Waals surface area contributed by atoms with E-state index in [1.54, 1.807) is 68.1 Å². The van der Waals surface area contributed by atoms with Crippen molar-refractivity contribution in [3.05, 3.63) is 64.2 Å². The van der Waals surface area contributed by atoms with Gasteiger partial charge in [-0.05, 0) is 36.2 Å². The number of hydrogen-bond acceptors (Lipinski definition) is 6. The number of benzene rings is 2. The van der Waals surface area contributed by atoms with Crippen LogP contribution in [0, 0.1) is 6.92 Å². The summed E-state index contributed by atoms with van der Waals surface area (Å²) in [6, 6.07) is 10.1. The van der Waals surface area contributed by atoms with E-state index in [1.165, 1.54) is 4.90 Å². The highest BCUT2D eigenvalue weighted by Gasteiger charge is 2.34. The average molecular weight is 578 g/mol. The minimum Gasteiger partial charge on any atom is -0.481 e. The number of carboxylic acids is 2. The molecule has 1 heterocycles. The van der Waals surface area contributed by atoms with E-state index in [9.17, 15) is 24.3 Å². The molecule has 1 aliphatic heterocycles. The molecule has 0 aliphatic carbocycles. The first-order valence-corrected chi connectivity index (χ1v) is 13.7. The van der Waals surface area contributed by atoms with Crippen LogP contribution < -0.4 is 10.6 Å². The van der Waals surface area contributed by atoms with Crippen molar-refractivity contribution in [3.8, 4) is 0 Å². The lowest BCUT2D eigenvalue weighted by atomic mass is 10.0. The Balaban J connectivity index is 0.00000124. The molecule has 1 aliphatic rings. The smallest absolute Gasteiger partial charge is 0.326 e. The highest BCUT2D eigenvalue weighted by molar-refractivity contribution is 7.99. The van der Waals surface area contributed by atoms with Gasteiger partial charge in [0.25, 0.3) is 11.9 Å². The molecule has 0 saturated carbocycles. The van der Waals surface area contributed by atoms with E-state index in [4.69, 9.17) is 21.5 Å². The van der Waals surface area contributed by atoms with E-state index in [0.29, 0.717) is 34.1 Å². The summed E-state index contributed by atoms with van der Waals surface area (Å²) in [5.74, 6) is -1.75. The molecule has 0 radical (unpaired) electrons. The van der Waals surface area contributed by atoms with Gasteiger partial charge in [0.1, 0.15) is 12.1 Å². The molecule has 2 atom stereocenters. The number of rotatable bonds is 8. The van der Waals surface area contributed by atoms with Crippen molar-refractivity contribution in [1.29, 1.82) is 0 Å². The summed E-state index contributed by atoms with van der Waals surface area (Å²) in [4.78, 5) is 60.1. The standard InChI is InChI=1S/C25H28ClN3O5S.C2H4O2/c1-3-21(30)29-11-12-35-14-20(29)23(31)28-19(25(33)34)13-16-7-9-17(10-8-16)27-24(32)22-15(2)5-4-6-18(22)26;1-2(3)4/h4-10,19-20H,3,11-14H2,1-2H3,(H,27,32)(H,28,31)(H,33,34);1H3,(H,3,4)/t19-,20?;/m0./s1. The zero-order valence-corrected chi connectivity index (χ0v) is 23.5. The second-order valence-corrected chi connectivity index (χ2v) is 10.3. The largest absolute Gasteiger partial charge is 0.481 e. The number of hydrogen-bond donors (Lipinski definition) is 4. The van der Waals surface area contributed by atoms with Crippen molar-refractivity contribution in [2.75, 3.05) is 23.4 Å². The number of amides is 3. The first-order chi connectivity index (χ1) is 18.4. The van der Waals surface area contributed by atoms with Gasteiger partial charge in [0.2, 0.25) is 11.8 Å². The molecule has 0 aromatic heterocycles. The molecule has 2 aromatic carbocycles. The molecule has 39 heavy (non-hydrogen) atoms. The van der Waals surface area contributed by atoms with E-state index in [0.717, 1.165) is 18.2 Å². The normalized spacial score (nSPS) is 15.3. The molecule has 3 amide bonds. The van der Waals surface area contributed by atoms with Gasteiger partial charge in [-0.1, -0.05) is 42.8 Å². The number of aliphatic carboxylic acids is 2. The fourth-order valence-electron chi connectivity index (χ4n) is 3.86. The minimum absolute atomic E-state index is 0.0561. The maximum atomic E-state index is 12.9. The number of halogens is 1. The van der Waals surface area contributed by atoms with Crippen molar-refractivity contribution in [1.82, 2.24) is 10.2 Å². The number of nitrogens with zero attached hydrogens (tertiary/aromatic N) is 1. The molecule has 0 bridgehead atoms. The molecule has 210 valence electrons. The third kappa shape index (κ3) is 9.60. The molecule has 1 unspecified atom stereocenters. The minimum atomic E-state index is -1.17. The predicted molar refractivity (Wildman–Crippen MR) is 150 cm³/mol. The average Bonchev–Trinajstić information content (AvgIpc) is 2.88. The molecule has 1 saturated heterocycles. The number of carbonyl (C=O) groups excluding carboxylic acids is 3. The number of carboxylic acid groups (broad SMARTS) is 2. The number of nitrogens with one attached hydrogen (secondary N) is 2. The zero-order valence-electron chi connectivity index (χ0n) is 21.9. The van der Waals surface area contributed by atoms with Crippen LogP contribution in [-0.4, -0.2) is 74.9 Å². The summed E-state index contributed by atoms with van der Waals surface area (Å²) in [7, 11) is 0. The summed E-state index contributed by atoms with van der Waals surface area (Å²) >= 11 is 7.72. The lowest BCUT2D eigenvalue weighted by molar-refractivity contribution is -0.144. The Morgan fingerprint density at radius 2 is 1.74 bits per heavy atom. The Labute approximate surface area is 236 Å². The van der Waals surface area contributed by atoms with Crippen LogP contribution in [-0.2, 0) is 25.6 Å². The Kier molecular flexibility index (Phi) is 12.3. The Morgan fingerprint density at radius 1 is 1.10 bits per heavy atom. The number of thioether (sulfide) groups is 1. The van der Waals surface area contributed by atoms with Crippen molar-refractivity contribution in [2.24, 2.45) is 0 Å². The zero-order chi connectivity index (χ0) is 29.1. The van der Waals surface area contributed by atoms with E-state index in [-0.39, 0.29) is 24.7 Å². The van der Waals surface area contributed by atoms with Gasteiger partial charge in [-0.15, -0.1) is 0 Å². The van der Waals surface area contributed by atoms with Crippen LogP contribution in [0.25, 0.3) is 0 Å². The fourth-order valence-corrected chi connectivity index (χ4v) is 5.22. The quantitative estimate of drug-likeness (QED) is 0.372. The van der Waals surface area contributed by atoms with Crippen LogP contribution >= 0.6 is 23.4 Å². The van der Waals surface area contributed by atoms with Crippen LogP contribution in [0.15, 0.2) is 42.5 Å². The van der Waals surface area contributed by atoms with Gasteiger partial charge < -0.3 is 25.7 Å². The molecular formula is C27H32ClN3O7S. The summed E-state index contributed by atoms with van der Waals surface area (Å²) < 4.78 is 0. The molecule has 2 aromatic rings. The second-order valence-electron chi connectivity index (χ2n) is 8.74. The maximum absolute atomic E-state index is 12.9. The fraction of sp³-hybridized carbons (Fsp3) is 0.370. The van der Waals surface area contributed by atoms with Crippen molar-refractivity contribution >= 4 is 58.7 Å². The molecule has 3 rings (SSSR count). The maximum Gasteiger partial charge on any atom is 0.326 e. The van der Waals surface area contributed by atoms with Crippen LogP contribution in [0.1, 0.15) is 41.8 Å². The predicted octanol–water partition coefficient (Wildman–Crippen LogP) is 3.46. The van der Waals surface area contributed by atoms with Crippen LogP contribution in [0.5, 0.6) is 0 Å². The number of anilines is 1. The van der Waals surface area contributed by atoms with Gasteiger partial charge in [0, 0.05) is 43.5 Å². The van der Waals surface area contributed by atoms with Gasteiger partial charge in [0.05, 0.1) is 10.6 Å². The highest BCUT2D eigenvalue weighted by atomic mass is 35.5. The highest BCUT2D eigenvalue weighted by Crippen LogP contribution is 2.22. The summed E-state index contributed by atoms with van der Waals surface area (Å²) in [5.41, 5.74) is 2.34. The first kappa shape index (κ1) is 31.6. The summed E-state index contributed by atoms with van der Waals surface area (Å²) in [6.07, 6.45) is 0.343. The Morgan fingerprint density at radius 3 is 2.31 bits per heavy atom. The Hall–Kier alpha value is -3.57. The number of carbonyl (C=O) groups is 5. The molecular weight excluding hydrogens is 546 g/mol. The van der Waals surface area contributed by atoms with E-state index in [2.05, 4.69) is 10.6 Å². The summed E-state index contributed by atoms with van der Waals surface area (Å²) in [5, 5.41) is 22.8. The van der Waals surface area contributed by atoms with Crippen LogP contribution in [0.2, 0.25) is 5.02 Å². The van der Waals surface area contributed by atoms with Crippen molar-refractivity contribution in [2.45, 2.75) is 45.7 Å². The van der Waals surface area contributed by atoms with Gasteiger partial charge in [-0.3, -0.25) is 19.2 Å². The van der Waals surface area contributed by atoms with Crippen LogP contribution in [0.4, 0.5) is 5.69 Å². The van der Waals surface area contributed by atoms with Crippen LogP contribution in [0.3, 0.4) is 0 Å². The first-order valence-electron chi connectivity index (χ1n) is 12.2. The van der Waals surface area contributed by atoms with Gasteiger partial charge in [-0.25, -0.2) is 4.79 Å². The summed E-state index contributed by atoms with van der Waals surface area (Å²) in [6.45, 7) is 5.09. The monoisotopic (exact) mass is 577 g/mol. The SMILES string of the molecule is CC(=O)O.CCC(=O)N1CCSCC1C(=O)N[C@@H](Cc1ccc(NC(=O)c2c(C)cccc2Cl)cc1)C(=O)O. The number of aryl methyl sites for hydroxylation is 1. The van der Waals surface area contributed by atoms with E-state index >= 15 is 0 Å². The van der Waals surface area contributed by atoms with Gasteiger partial charge in [-0.2, -0.15) is 11.8 Å². The topological polar surface area (TPSA) is 153 Å². The Bertz CT molecular complexity index is 1180. The molecule has 12 heteroatoms. The van der Waals surface area contributed by atoms with Gasteiger partial charge >= 0.3 is 5.97 Å². The lowest BCUT2D eigenvalue weighted by Gasteiger charge is -2.34. The molecule has 0 spiro atoms. The molecule has 4 N–H and O–H groups in total. The third-order valence-corrected chi connectivity index (χ3v) is 7.11. The molecule has 1 fully saturated rings. The van der Waals surface area contributed by atoms with E-state index < -0.39 is 29.9 Å². The van der Waals surface area contributed by atoms with Crippen molar-refractivity contribution < 1.29 is 34.2 Å². The second kappa shape index (κ2) is 15.1. The van der Waals surface area contributed by atoms with Gasteiger partial charge in [0.15, 0.2) is 0 Å². The van der Waals surface area contributed by atoms with Crippen molar-refractivity contribution in [3.63, 3.8) is 0 Å². The van der Waals surface area contributed by atoms with E-state index in [1.807, 2.05) is 0 Å². The third-order valence-electron chi connectivity index (χ3n) is 5.77.